The van der Waals surface area contributed by atoms with Gasteiger partial charge in [0.05, 0.1) is 6.54 Å². The largest absolute Gasteiger partial charge is 0.412 e. The minimum Gasteiger partial charge on any atom is -0.410 e. The molecule has 1 aliphatic heterocycles. The van der Waals surface area contributed by atoms with Crippen molar-refractivity contribution in [3.8, 4) is 5.75 Å². The predicted octanol–water partition coefficient (Wildman–Crippen LogP) is 0.327. The average Bonchev–Trinajstić information content (AvgIpc) is 2.71. The quantitative estimate of drug-likeness (QED) is 0.766. The lowest BCUT2D eigenvalue weighted by atomic mass is 10.3. The molecule has 1 fully saturated rings. The Morgan fingerprint density at radius 3 is 2.68 bits per heavy atom. The third-order valence-electron chi connectivity index (χ3n) is 2.50. The van der Waals surface area contributed by atoms with Crippen molar-refractivity contribution in [1.29, 1.82) is 0 Å². The number of hydrogen-bond acceptors (Lipinski definition) is 4. The number of nitrogens with one attached hydrogen (secondary N) is 2. The highest BCUT2D eigenvalue weighted by Crippen LogP contribution is 2.07. The fourth-order valence-electron chi connectivity index (χ4n) is 1.58. The Morgan fingerprint density at radius 1 is 1.32 bits per heavy atom. The molecule has 7 heteroatoms. The van der Waals surface area contributed by atoms with Gasteiger partial charge in [0.1, 0.15) is 5.75 Å². The number of carbonyl (C=O) groups excluding carboxylic acids is 3. The van der Waals surface area contributed by atoms with E-state index in [2.05, 4.69) is 10.6 Å². The Kier molecular flexibility index (Phi) is 3.97. The van der Waals surface area contributed by atoms with Gasteiger partial charge in [-0.15, -0.1) is 0 Å². The van der Waals surface area contributed by atoms with Crippen molar-refractivity contribution in [3.05, 3.63) is 30.3 Å². The first kappa shape index (κ1) is 12.9. The summed E-state index contributed by atoms with van der Waals surface area (Å²) >= 11 is 0. The number of imide groups is 1. The van der Waals surface area contributed by atoms with Crippen molar-refractivity contribution in [2.75, 3.05) is 19.6 Å². The number of urea groups is 1. The smallest absolute Gasteiger partial charge is 0.410 e. The van der Waals surface area contributed by atoms with E-state index < -0.39 is 12.1 Å². The maximum absolute atomic E-state index is 11.4. The average molecular weight is 263 g/mol. The Hall–Kier alpha value is -2.57. The first-order valence-corrected chi connectivity index (χ1v) is 5.76. The number of hydrogen-bond donors (Lipinski definition) is 2. The molecular weight excluding hydrogens is 250 g/mol. The van der Waals surface area contributed by atoms with E-state index >= 15 is 0 Å². The summed E-state index contributed by atoms with van der Waals surface area (Å²) in [6, 6.07) is 8.16. The third-order valence-corrected chi connectivity index (χ3v) is 2.50. The van der Waals surface area contributed by atoms with Crippen molar-refractivity contribution in [1.82, 2.24) is 15.5 Å². The second-order valence-electron chi connectivity index (χ2n) is 3.83. The summed E-state index contributed by atoms with van der Waals surface area (Å²) in [5.41, 5.74) is 0. The predicted molar refractivity (Wildman–Crippen MR) is 65.6 cm³/mol. The van der Waals surface area contributed by atoms with Gasteiger partial charge in [-0.25, -0.2) is 9.59 Å². The van der Waals surface area contributed by atoms with E-state index in [4.69, 9.17) is 4.74 Å². The van der Waals surface area contributed by atoms with E-state index in [0.717, 1.165) is 4.90 Å². The number of para-hydroxylation sites is 1. The standard InChI is InChI=1S/C12H13N3O4/c16-10-8-14-11(17)15(10)7-6-13-12(18)19-9-4-2-1-3-5-9/h1-5H,6-8H2,(H,13,18)(H,14,17). The molecule has 4 amide bonds. The molecule has 7 nitrogen and oxygen atoms in total. The molecule has 1 heterocycles. The molecule has 0 radical (unpaired) electrons. The molecule has 0 unspecified atom stereocenters. The lowest BCUT2D eigenvalue weighted by molar-refractivity contribution is -0.124. The molecule has 1 aliphatic rings. The number of benzene rings is 1. The van der Waals surface area contributed by atoms with E-state index in [0.29, 0.717) is 5.75 Å². The number of amides is 4. The zero-order valence-corrected chi connectivity index (χ0v) is 10.1. The fourth-order valence-corrected chi connectivity index (χ4v) is 1.58. The van der Waals surface area contributed by atoms with Crippen molar-refractivity contribution in [2.24, 2.45) is 0 Å². The summed E-state index contributed by atoms with van der Waals surface area (Å²) in [6.45, 7) is 0.271. The van der Waals surface area contributed by atoms with Gasteiger partial charge in [-0.05, 0) is 12.1 Å². The lowest BCUT2D eigenvalue weighted by Gasteiger charge is -2.12. The maximum atomic E-state index is 11.4. The van der Waals surface area contributed by atoms with Gasteiger partial charge in [0.15, 0.2) is 0 Å². The minimum atomic E-state index is -0.627. The maximum Gasteiger partial charge on any atom is 0.412 e. The summed E-state index contributed by atoms with van der Waals surface area (Å²) in [5, 5.41) is 4.85. The topological polar surface area (TPSA) is 87.7 Å². The molecule has 0 bridgehead atoms. The summed E-state index contributed by atoms with van der Waals surface area (Å²) in [4.78, 5) is 34.9. The lowest BCUT2D eigenvalue weighted by Crippen LogP contribution is -2.39. The van der Waals surface area contributed by atoms with Crippen molar-refractivity contribution < 1.29 is 19.1 Å². The van der Waals surface area contributed by atoms with Crippen LogP contribution < -0.4 is 15.4 Å². The number of carbonyl (C=O) groups is 3. The van der Waals surface area contributed by atoms with Gasteiger partial charge in [0.25, 0.3) is 0 Å². The zero-order valence-electron chi connectivity index (χ0n) is 10.1. The minimum absolute atomic E-state index is 0.00724. The Labute approximate surface area is 109 Å². The number of rotatable bonds is 4. The highest BCUT2D eigenvalue weighted by atomic mass is 16.6. The molecule has 19 heavy (non-hydrogen) atoms. The molecule has 0 aromatic heterocycles. The van der Waals surface area contributed by atoms with Crippen LogP contribution in [0.4, 0.5) is 9.59 Å². The van der Waals surface area contributed by atoms with E-state index in [1.54, 1.807) is 24.3 Å². The van der Waals surface area contributed by atoms with Crippen LogP contribution in [0.25, 0.3) is 0 Å². The molecule has 2 N–H and O–H groups in total. The van der Waals surface area contributed by atoms with Gasteiger partial charge in [-0.2, -0.15) is 0 Å². The van der Waals surface area contributed by atoms with Crippen molar-refractivity contribution >= 4 is 18.0 Å². The molecule has 2 rings (SSSR count). The van der Waals surface area contributed by atoms with Gasteiger partial charge in [0.2, 0.25) is 5.91 Å². The second-order valence-corrected chi connectivity index (χ2v) is 3.83. The van der Waals surface area contributed by atoms with Gasteiger partial charge in [-0.3, -0.25) is 9.69 Å². The molecule has 1 aromatic rings. The highest BCUT2D eigenvalue weighted by molar-refractivity contribution is 6.01. The van der Waals surface area contributed by atoms with E-state index in [1.165, 1.54) is 0 Å². The van der Waals surface area contributed by atoms with Crippen LogP contribution in [0.5, 0.6) is 5.75 Å². The van der Waals surface area contributed by atoms with Crippen LogP contribution in [0.2, 0.25) is 0 Å². The van der Waals surface area contributed by atoms with Crippen molar-refractivity contribution in [3.63, 3.8) is 0 Å². The van der Waals surface area contributed by atoms with Crippen LogP contribution in [0.3, 0.4) is 0 Å². The third kappa shape index (κ3) is 3.44. The van der Waals surface area contributed by atoms with Crippen LogP contribution in [0.1, 0.15) is 0 Å². The van der Waals surface area contributed by atoms with Crippen LogP contribution in [-0.2, 0) is 4.79 Å². The summed E-state index contributed by atoms with van der Waals surface area (Å²) in [6.07, 6.45) is -0.627. The Balaban J connectivity index is 1.72. The van der Waals surface area contributed by atoms with E-state index in [9.17, 15) is 14.4 Å². The SMILES string of the molecule is O=C(NCCN1C(=O)CNC1=O)Oc1ccccc1. The number of nitrogens with zero attached hydrogens (tertiary/aromatic N) is 1. The van der Waals surface area contributed by atoms with Gasteiger partial charge < -0.3 is 15.4 Å². The molecular formula is C12H13N3O4. The zero-order chi connectivity index (χ0) is 13.7. The van der Waals surface area contributed by atoms with Crippen LogP contribution >= 0.6 is 0 Å². The van der Waals surface area contributed by atoms with E-state index in [1.807, 2.05) is 6.07 Å². The monoisotopic (exact) mass is 263 g/mol. The summed E-state index contributed by atoms with van der Waals surface area (Å²) in [7, 11) is 0. The Bertz CT molecular complexity index is 473. The Morgan fingerprint density at radius 2 is 2.05 bits per heavy atom. The molecule has 1 aromatic carbocycles. The van der Waals surface area contributed by atoms with E-state index in [-0.39, 0.29) is 25.5 Å². The van der Waals surface area contributed by atoms with Crippen LogP contribution in [-0.4, -0.2) is 42.6 Å². The highest BCUT2D eigenvalue weighted by Gasteiger charge is 2.27. The van der Waals surface area contributed by atoms with Gasteiger partial charge >= 0.3 is 12.1 Å². The summed E-state index contributed by atoms with van der Waals surface area (Å²) < 4.78 is 4.98. The fraction of sp³-hybridized carbons (Fsp3) is 0.250. The summed E-state index contributed by atoms with van der Waals surface area (Å²) in [5.74, 6) is 0.123. The molecule has 0 spiro atoms. The van der Waals surface area contributed by atoms with Crippen LogP contribution in [0, 0.1) is 0 Å². The van der Waals surface area contributed by atoms with Crippen molar-refractivity contribution in [2.45, 2.75) is 0 Å². The molecule has 0 aliphatic carbocycles. The van der Waals surface area contributed by atoms with Gasteiger partial charge in [-0.1, -0.05) is 18.2 Å². The van der Waals surface area contributed by atoms with Crippen LogP contribution in [0.15, 0.2) is 30.3 Å². The van der Waals surface area contributed by atoms with Gasteiger partial charge in [0, 0.05) is 13.1 Å². The second kappa shape index (κ2) is 5.85. The molecule has 0 saturated carbocycles. The molecule has 0 atom stereocenters. The number of ether oxygens (including phenoxy) is 1. The molecule has 1 saturated heterocycles. The molecule has 100 valence electrons. The first-order chi connectivity index (χ1) is 9.16. The normalized spacial score (nSPS) is 14.2. The first-order valence-electron chi connectivity index (χ1n) is 5.76.